The zero-order valence-electron chi connectivity index (χ0n) is 10.7. The molecule has 2 N–H and O–H groups in total. The second kappa shape index (κ2) is 6.29. The third kappa shape index (κ3) is 3.64. The van der Waals surface area contributed by atoms with Crippen LogP contribution in [-0.2, 0) is 20.7 Å². The van der Waals surface area contributed by atoms with Crippen LogP contribution < -0.4 is 5.73 Å². The highest BCUT2D eigenvalue weighted by Gasteiger charge is 2.16. The Labute approximate surface area is 118 Å². The fourth-order valence-corrected chi connectivity index (χ4v) is 2.03. The highest BCUT2D eigenvalue weighted by molar-refractivity contribution is 7.13. The molecule has 0 bridgehead atoms. The zero-order chi connectivity index (χ0) is 14.5. The Morgan fingerprint density at radius 1 is 1.55 bits per heavy atom. The number of nitrogens with zero attached hydrogens (tertiary/aromatic N) is 2. The summed E-state index contributed by atoms with van der Waals surface area (Å²) in [5.41, 5.74) is 4.99. The molecule has 1 atom stereocenters. The number of aromatic nitrogens is 2. The van der Waals surface area contributed by atoms with Crippen molar-refractivity contribution in [1.82, 2.24) is 10.1 Å². The molecule has 0 radical (unpaired) electrons. The van der Waals surface area contributed by atoms with E-state index in [1.54, 1.807) is 0 Å². The summed E-state index contributed by atoms with van der Waals surface area (Å²) in [6.45, 7) is 1.42. The number of aryl methyl sites for hydroxylation is 1. The quantitative estimate of drug-likeness (QED) is 0.801. The van der Waals surface area contributed by atoms with E-state index in [1.807, 2.05) is 17.5 Å². The van der Waals surface area contributed by atoms with Crippen LogP contribution in [0.2, 0.25) is 0 Å². The summed E-state index contributed by atoms with van der Waals surface area (Å²) in [5.74, 6) is -0.380. The number of thiophene rings is 1. The lowest BCUT2D eigenvalue weighted by atomic mass is 10.3. The van der Waals surface area contributed by atoms with Crippen LogP contribution in [0.4, 0.5) is 0 Å². The van der Waals surface area contributed by atoms with Crippen LogP contribution in [0.1, 0.15) is 19.2 Å². The van der Waals surface area contributed by atoms with Crippen LogP contribution >= 0.6 is 11.3 Å². The van der Waals surface area contributed by atoms with E-state index < -0.39 is 18.0 Å². The Kier molecular flexibility index (Phi) is 4.46. The molecule has 0 saturated carbocycles. The lowest BCUT2D eigenvalue weighted by molar-refractivity contribution is -0.153. The number of hydrogen-bond donors (Lipinski definition) is 1. The van der Waals surface area contributed by atoms with Crippen molar-refractivity contribution in [3.05, 3.63) is 23.4 Å². The second-order valence-corrected chi connectivity index (χ2v) is 4.97. The van der Waals surface area contributed by atoms with Crippen LogP contribution in [0, 0.1) is 0 Å². The Bertz CT molecular complexity index is 594. The van der Waals surface area contributed by atoms with Crippen LogP contribution in [-0.4, -0.2) is 28.1 Å². The first-order valence-electron chi connectivity index (χ1n) is 5.91. The Hall–Kier alpha value is -2.22. The number of esters is 1. The van der Waals surface area contributed by atoms with E-state index in [9.17, 15) is 9.59 Å². The van der Waals surface area contributed by atoms with E-state index in [2.05, 4.69) is 10.1 Å². The summed E-state index contributed by atoms with van der Waals surface area (Å²) in [4.78, 5) is 27.3. The maximum Gasteiger partial charge on any atom is 0.307 e. The van der Waals surface area contributed by atoms with Crippen molar-refractivity contribution >= 4 is 23.2 Å². The standard InChI is InChI=1S/C12H13N3O4S/c1-7(11(13)17)18-10(16)5-4-9-14-12(15-19-9)8-3-2-6-20-8/h2-3,6-7H,4-5H2,1H3,(H2,13,17). The molecule has 0 saturated heterocycles. The van der Waals surface area contributed by atoms with Crippen molar-refractivity contribution in [2.45, 2.75) is 25.9 Å². The molecule has 1 amide bonds. The van der Waals surface area contributed by atoms with Crippen molar-refractivity contribution in [1.29, 1.82) is 0 Å². The van der Waals surface area contributed by atoms with Gasteiger partial charge in [-0.05, 0) is 18.4 Å². The van der Waals surface area contributed by atoms with Crippen LogP contribution in [0.25, 0.3) is 10.7 Å². The number of hydrogen-bond acceptors (Lipinski definition) is 7. The summed E-state index contributed by atoms with van der Waals surface area (Å²) in [6.07, 6.45) is -0.640. The van der Waals surface area contributed by atoms with Gasteiger partial charge in [-0.2, -0.15) is 4.98 Å². The molecule has 0 fully saturated rings. The molecule has 2 aromatic rings. The summed E-state index contributed by atoms with van der Waals surface area (Å²) in [6, 6.07) is 3.76. The highest BCUT2D eigenvalue weighted by atomic mass is 32.1. The molecule has 2 heterocycles. The van der Waals surface area contributed by atoms with E-state index in [-0.39, 0.29) is 12.8 Å². The van der Waals surface area contributed by atoms with E-state index in [4.69, 9.17) is 15.0 Å². The van der Waals surface area contributed by atoms with Crippen LogP contribution in [0.5, 0.6) is 0 Å². The van der Waals surface area contributed by atoms with Gasteiger partial charge in [0.1, 0.15) is 0 Å². The molecule has 0 aliphatic rings. The summed E-state index contributed by atoms with van der Waals surface area (Å²) in [5, 5.41) is 5.73. The van der Waals surface area contributed by atoms with Gasteiger partial charge in [0, 0.05) is 6.42 Å². The van der Waals surface area contributed by atoms with Gasteiger partial charge in [-0.15, -0.1) is 11.3 Å². The van der Waals surface area contributed by atoms with Crippen molar-refractivity contribution in [3.63, 3.8) is 0 Å². The second-order valence-electron chi connectivity index (χ2n) is 4.02. The SMILES string of the molecule is CC(OC(=O)CCc1nc(-c2cccs2)no1)C(N)=O. The normalized spacial score (nSPS) is 12.1. The van der Waals surface area contributed by atoms with Gasteiger partial charge < -0.3 is 15.0 Å². The number of carbonyl (C=O) groups is 2. The van der Waals surface area contributed by atoms with E-state index in [0.717, 1.165) is 4.88 Å². The Morgan fingerprint density at radius 2 is 2.35 bits per heavy atom. The number of rotatable bonds is 6. The minimum Gasteiger partial charge on any atom is -0.453 e. The van der Waals surface area contributed by atoms with Gasteiger partial charge in [-0.25, -0.2) is 0 Å². The van der Waals surface area contributed by atoms with Gasteiger partial charge in [-0.1, -0.05) is 11.2 Å². The van der Waals surface area contributed by atoms with Crippen molar-refractivity contribution < 1.29 is 18.8 Å². The molecular weight excluding hydrogens is 282 g/mol. The predicted molar refractivity (Wildman–Crippen MR) is 70.7 cm³/mol. The molecule has 2 aromatic heterocycles. The lowest BCUT2D eigenvalue weighted by Gasteiger charge is -2.08. The molecule has 7 nitrogen and oxygen atoms in total. The lowest BCUT2D eigenvalue weighted by Crippen LogP contribution is -2.30. The van der Waals surface area contributed by atoms with E-state index in [1.165, 1.54) is 18.3 Å². The number of primary amides is 1. The number of nitrogens with two attached hydrogens (primary N) is 1. The first-order valence-corrected chi connectivity index (χ1v) is 6.79. The fraction of sp³-hybridized carbons (Fsp3) is 0.333. The largest absolute Gasteiger partial charge is 0.453 e. The van der Waals surface area contributed by atoms with E-state index >= 15 is 0 Å². The number of carbonyl (C=O) groups excluding carboxylic acids is 2. The maximum atomic E-state index is 11.4. The fourth-order valence-electron chi connectivity index (χ4n) is 1.39. The minimum atomic E-state index is -0.938. The topological polar surface area (TPSA) is 108 Å². The van der Waals surface area contributed by atoms with Gasteiger partial charge in [-0.3, -0.25) is 9.59 Å². The average molecular weight is 295 g/mol. The van der Waals surface area contributed by atoms with Crippen molar-refractivity contribution in [3.8, 4) is 10.7 Å². The summed E-state index contributed by atoms with van der Waals surface area (Å²) >= 11 is 1.50. The molecule has 0 aliphatic heterocycles. The van der Waals surface area contributed by atoms with Gasteiger partial charge in [0.15, 0.2) is 6.10 Å². The average Bonchev–Trinajstić information content (AvgIpc) is 3.07. The smallest absolute Gasteiger partial charge is 0.307 e. The highest BCUT2D eigenvalue weighted by Crippen LogP contribution is 2.21. The predicted octanol–water partition coefficient (Wildman–Crippen LogP) is 1.15. The Balaban J connectivity index is 1.86. The molecule has 1 unspecified atom stereocenters. The van der Waals surface area contributed by atoms with Crippen molar-refractivity contribution in [2.75, 3.05) is 0 Å². The maximum absolute atomic E-state index is 11.4. The van der Waals surface area contributed by atoms with Gasteiger partial charge in [0.05, 0.1) is 11.3 Å². The van der Waals surface area contributed by atoms with Gasteiger partial charge in [0.25, 0.3) is 5.91 Å². The first-order chi connectivity index (χ1) is 9.56. The van der Waals surface area contributed by atoms with Crippen molar-refractivity contribution in [2.24, 2.45) is 5.73 Å². The Morgan fingerprint density at radius 3 is 3.00 bits per heavy atom. The first kappa shape index (κ1) is 14.2. The third-order valence-electron chi connectivity index (χ3n) is 2.46. The van der Waals surface area contributed by atoms with E-state index in [0.29, 0.717) is 11.7 Å². The molecular formula is C12H13N3O4S. The molecule has 0 aromatic carbocycles. The van der Waals surface area contributed by atoms with Crippen LogP contribution in [0.3, 0.4) is 0 Å². The molecule has 0 aliphatic carbocycles. The third-order valence-corrected chi connectivity index (χ3v) is 3.33. The van der Waals surface area contributed by atoms with Crippen LogP contribution in [0.15, 0.2) is 22.0 Å². The minimum absolute atomic E-state index is 0.0453. The molecule has 8 heteroatoms. The number of amides is 1. The summed E-state index contributed by atoms with van der Waals surface area (Å²) < 4.78 is 9.85. The van der Waals surface area contributed by atoms with Gasteiger partial charge in [0.2, 0.25) is 11.7 Å². The zero-order valence-corrected chi connectivity index (χ0v) is 11.6. The molecule has 0 spiro atoms. The monoisotopic (exact) mass is 295 g/mol. The number of ether oxygens (including phenoxy) is 1. The molecule has 2 rings (SSSR count). The summed E-state index contributed by atoms with van der Waals surface area (Å²) in [7, 11) is 0. The molecule has 20 heavy (non-hydrogen) atoms. The van der Waals surface area contributed by atoms with Gasteiger partial charge >= 0.3 is 5.97 Å². The molecule has 106 valence electrons.